The number of hydrogen-bond donors (Lipinski definition) is 1. The Morgan fingerprint density at radius 2 is 2.18 bits per heavy atom. The highest BCUT2D eigenvalue weighted by atomic mass is 32.1. The average molecular weight is 400 g/mol. The predicted molar refractivity (Wildman–Crippen MR) is 104 cm³/mol. The number of nitrogens with zero attached hydrogens (tertiary/aromatic N) is 1. The van der Waals surface area contributed by atoms with Gasteiger partial charge in [-0.2, -0.15) is 0 Å². The minimum Gasteiger partial charge on any atom is -0.486 e. The summed E-state index contributed by atoms with van der Waals surface area (Å²) in [5, 5.41) is 6.06. The fourth-order valence-electron chi connectivity index (χ4n) is 3.13. The van der Waals surface area contributed by atoms with Gasteiger partial charge in [0.2, 0.25) is 5.91 Å². The summed E-state index contributed by atoms with van der Waals surface area (Å²) >= 11 is 1.30. The van der Waals surface area contributed by atoms with Gasteiger partial charge in [-0.3, -0.25) is 9.59 Å². The molecule has 2 aromatic heterocycles. The van der Waals surface area contributed by atoms with E-state index in [1.807, 2.05) is 24.3 Å². The van der Waals surface area contributed by atoms with Crippen LogP contribution in [0, 0.1) is 5.92 Å². The van der Waals surface area contributed by atoms with Gasteiger partial charge in [-0.15, -0.1) is 11.3 Å². The van der Waals surface area contributed by atoms with E-state index in [1.54, 1.807) is 18.6 Å². The molecule has 0 spiro atoms. The molecule has 1 saturated carbocycles. The van der Waals surface area contributed by atoms with Crippen molar-refractivity contribution >= 4 is 39.3 Å². The summed E-state index contributed by atoms with van der Waals surface area (Å²) < 4.78 is 16.4. The number of carbonyl (C=O) groups is 2. The van der Waals surface area contributed by atoms with Crippen molar-refractivity contribution in [2.24, 2.45) is 5.92 Å². The van der Waals surface area contributed by atoms with Crippen molar-refractivity contribution in [1.82, 2.24) is 4.98 Å². The zero-order chi connectivity index (χ0) is 19.5. The third-order valence-corrected chi connectivity index (χ3v) is 5.42. The number of anilines is 1. The summed E-state index contributed by atoms with van der Waals surface area (Å²) in [5.74, 6) is 0.192. The zero-order valence-corrected chi connectivity index (χ0v) is 16.2. The monoisotopic (exact) mass is 400 g/mol. The molecule has 0 unspecified atom stereocenters. The van der Waals surface area contributed by atoms with E-state index >= 15 is 0 Å². The molecular formula is C20H20N2O5S. The fraction of sp³-hybridized carbons (Fsp3) is 0.350. The number of aromatic nitrogens is 1. The molecule has 4 rings (SSSR count). The van der Waals surface area contributed by atoms with Crippen molar-refractivity contribution in [2.75, 3.05) is 11.9 Å². The van der Waals surface area contributed by atoms with Crippen LogP contribution in [0.2, 0.25) is 0 Å². The summed E-state index contributed by atoms with van der Waals surface area (Å²) in [6.07, 6.45) is 3.02. The van der Waals surface area contributed by atoms with Gasteiger partial charge < -0.3 is 19.2 Å². The standard InChI is InChI=1S/C20H20N2O5S/c1-2-25-17(23)10-14-11-28-20(21-14)22-19(24)13-8-15(9-13)27-16-5-3-4-12-6-7-26-18(12)16/h3-7,11,13,15H,2,8-10H2,1H3,(H,21,22,24). The Bertz CT molecular complexity index is 989. The van der Waals surface area contributed by atoms with Gasteiger partial charge in [0.15, 0.2) is 16.5 Å². The van der Waals surface area contributed by atoms with Crippen LogP contribution >= 0.6 is 11.3 Å². The maximum atomic E-state index is 12.4. The van der Waals surface area contributed by atoms with Crippen LogP contribution in [0.25, 0.3) is 11.0 Å². The molecule has 1 fully saturated rings. The molecule has 1 aliphatic carbocycles. The quantitative estimate of drug-likeness (QED) is 0.607. The average Bonchev–Trinajstić information content (AvgIpc) is 3.27. The third kappa shape index (κ3) is 4.01. The normalized spacial score (nSPS) is 18.5. The number of rotatable bonds is 7. The predicted octanol–water partition coefficient (Wildman–Crippen LogP) is 3.79. The Balaban J connectivity index is 1.27. The van der Waals surface area contributed by atoms with Crippen LogP contribution in [-0.2, 0) is 20.7 Å². The SMILES string of the molecule is CCOC(=O)Cc1csc(NC(=O)C2CC(Oc3cccc4ccoc34)C2)n1. The number of fused-ring (bicyclic) bond motifs is 1. The van der Waals surface area contributed by atoms with E-state index < -0.39 is 0 Å². The zero-order valence-electron chi connectivity index (χ0n) is 15.3. The van der Waals surface area contributed by atoms with Crippen LogP contribution in [0.1, 0.15) is 25.5 Å². The minimum absolute atomic E-state index is 0.0119. The summed E-state index contributed by atoms with van der Waals surface area (Å²) in [4.78, 5) is 28.2. The maximum absolute atomic E-state index is 12.4. The topological polar surface area (TPSA) is 90.7 Å². The van der Waals surface area contributed by atoms with Crippen molar-refractivity contribution < 1.29 is 23.5 Å². The van der Waals surface area contributed by atoms with Crippen LogP contribution in [0.4, 0.5) is 5.13 Å². The van der Waals surface area contributed by atoms with Gasteiger partial charge in [0.25, 0.3) is 0 Å². The number of para-hydroxylation sites is 1. The largest absolute Gasteiger partial charge is 0.486 e. The molecule has 28 heavy (non-hydrogen) atoms. The van der Waals surface area contributed by atoms with E-state index in [4.69, 9.17) is 13.9 Å². The van der Waals surface area contributed by atoms with Gasteiger partial charge in [-0.25, -0.2) is 4.98 Å². The molecule has 1 amide bonds. The van der Waals surface area contributed by atoms with E-state index in [0.717, 1.165) is 11.0 Å². The van der Waals surface area contributed by atoms with Gasteiger partial charge in [0, 0.05) is 16.7 Å². The highest BCUT2D eigenvalue weighted by molar-refractivity contribution is 7.13. The first-order valence-electron chi connectivity index (χ1n) is 9.16. The Morgan fingerprint density at radius 1 is 1.32 bits per heavy atom. The molecule has 146 valence electrons. The van der Waals surface area contributed by atoms with E-state index in [1.165, 1.54) is 11.3 Å². The van der Waals surface area contributed by atoms with Crippen molar-refractivity contribution in [2.45, 2.75) is 32.3 Å². The summed E-state index contributed by atoms with van der Waals surface area (Å²) in [6, 6.07) is 7.66. The lowest BCUT2D eigenvalue weighted by atomic mass is 9.81. The van der Waals surface area contributed by atoms with Gasteiger partial charge in [0.05, 0.1) is 25.0 Å². The summed E-state index contributed by atoms with van der Waals surface area (Å²) in [5.41, 5.74) is 1.33. The third-order valence-electron chi connectivity index (χ3n) is 4.61. The molecule has 1 N–H and O–H groups in total. The van der Waals surface area contributed by atoms with E-state index in [-0.39, 0.29) is 30.3 Å². The van der Waals surface area contributed by atoms with Gasteiger partial charge >= 0.3 is 5.97 Å². The molecule has 0 aliphatic heterocycles. The lowest BCUT2D eigenvalue weighted by molar-refractivity contribution is -0.142. The number of carbonyl (C=O) groups excluding carboxylic acids is 2. The molecule has 0 bridgehead atoms. The number of amides is 1. The van der Waals surface area contributed by atoms with Crippen LogP contribution in [-0.4, -0.2) is 29.6 Å². The van der Waals surface area contributed by atoms with Gasteiger partial charge in [-0.1, -0.05) is 12.1 Å². The second-order valence-electron chi connectivity index (χ2n) is 6.62. The van der Waals surface area contributed by atoms with E-state index in [0.29, 0.717) is 36.0 Å². The molecule has 1 aliphatic rings. The van der Waals surface area contributed by atoms with E-state index in [2.05, 4.69) is 10.3 Å². The first kappa shape index (κ1) is 18.5. The molecule has 2 heterocycles. The molecule has 8 heteroatoms. The van der Waals surface area contributed by atoms with Gasteiger partial charge in [-0.05, 0) is 31.9 Å². The summed E-state index contributed by atoms with van der Waals surface area (Å²) in [7, 11) is 0. The molecule has 1 aromatic carbocycles. The number of esters is 1. The molecule has 0 saturated heterocycles. The smallest absolute Gasteiger partial charge is 0.311 e. The van der Waals surface area contributed by atoms with Crippen LogP contribution in [0.3, 0.4) is 0 Å². The van der Waals surface area contributed by atoms with E-state index in [9.17, 15) is 9.59 Å². The highest BCUT2D eigenvalue weighted by Crippen LogP contribution is 2.35. The second-order valence-corrected chi connectivity index (χ2v) is 7.48. The second kappa shape index (κ2) is 8.02. The summed E-state index contributed by atoms with van der Waals surface area (Å²) in [6.45, 7) is 2.10. The van der Waals surface area contributed by atoms with Crippen molar-refractivity contribution in [3.8, 4) is 5.75 Å². The first-order valence-corrected chi connectivity index (χ1v) is 10.0. The Hall–Kier alpha value is -2.87. The molecule has 3 aromatic rings. The molecule has 0 radical (unpaired) electrons. The number of benzene rings is 1. The Morgan fingerprint density at radius 3 is 3.00 bits per heavy atom. The lowest BCUT2D eigenvalue weighted by Crippen LogP contribution is -2.40. The van der Waals surface area contributed by atoms with Crippen LogP contribution < -0.4 is 10.1 Å². The van der Waals surface area contributed by atoms with Crippen molar-refractivity contribution in [3.63, 3.8) is 0 Å². The number of ether oxygens (including phenoxy) is 2. The highest BCUT2D eigenvalue weighted by Gasteiger charge is 2.36. The maximum Gasteiger partial charge on any atom is 0.311 e. The Kier molecular flexibility index (Phi) is 5.29. The fourth-order valence-corrected chi connectivity index (χ4v) is 3.84. The first-order chi connectivity index (χ1) is 13.6. The molecule has 0 atom stereocenters. The van der Waals surface area contributed by atoms with Crippen molar-refractivity contribution in [1.29, 1.82) is 0 Å². The number of thiazole rings is 1. The van der Waals surface area contributed by atoms with Crippen molar-refractivity contribution in [3.05, 3.63) is 41.6 Å². The number of furan rings is 1. The molecule has 7 nitrogen and oxygen atoms in total. The lowest BCUT2D eigenvalue weighted by Gasteiger charge is -2.34. The van der Waals surface area contributed by atoms with Crippen LogP contribution in [0.5, 0.6) is 5.75 Å². The number of hydrogen-bond acceptors (Lipinski definition) is 7. The Labute approximate surface area is 165 Å². The van der Waals surface area contributed by atoms with Crippen LogP contribution in [0.15, 0.2) is 40.3 Å². The molecular weight excluding hydrogens is 380 g/mol. The minimum atomic E-state index is -0.323. The number of nitrogens with one attached hydrogen (secondary N) is 1. The van der Waals surface area contributed by atoms with Gasteiger partial charge in [0.1, 0.15) is 6.10 Å².